The van der Waals surface area contributed by atoms with Crippen LogP contribution < -0.4 is 5.32 Å². The monoisotopic (exact) mass is 229 g/mol. The molecule has 2 N–H and O–H groups in total. The third-order valence-electron chi connectivity index (χ3n) is 2.18. The quantitative estimate of drug-likeness (QED) is 0.847. The third kappa shape index (κ3) is 2.52. The smallest absolute Gasteiger partial charge is 0.346 e. The second-order valence-electron chi connectivity index (χ2n) is 3.43. The Bertz CT molecular complexity index is 475. The fraction of sp³-hybridized carbons (Fsp3) is 0.300. The maximum Gasteiger partial charge on any atom is 0.401 e. The summed E-state index contributed by atoms with van der Waals surface area (Å²) in [5.74, 6) is 0. The first-order valence-corrected chi connectivity index (χ1v) is 4.75. The van der Waals surface area contributed by atoms with E-state index >= 15 is 0 Å². The lowest BCUT2D eigenvalue weighted by Crippen LogP contribution is -2.28. The minimum atomic E-state index is -4.18. The molecule has 0 fully saturated rings. The maximum absolute atomic E-state index is 11.9. The van der Waals surface area contributed by atoms with Crippen LogP contribution in [-0.2, 0) is 6.54 Å². The molecule has 6 heteroatoms. The van der Waals surface area contributed by atoms with Crippen molar-refractivity contribution >= 4 is 11.0 Å². The van der Waals surface area contributed by atoms with Gasteiger partial charge in [-0.05, 0) is 17.7 Å². The van der Waals surface area contributed by atoms with Gasteiger partial charge in [-0.1, -0.05) is 0 Å². The summed E-state index contributed by atoms with van der Waals surface area (Å²) >= 11 is 0. The highest BCUT2D eigenvalue weighted by Crippen LogP contribution is 2.16. The molecule has 2 heterocycles. The van der Waals surface area contributed by atoms with Crippen LogP contribution in [0.1, 0.15) is 5.56 Å². The SMILES string of the molecule is FC(F)(F)CNCc1c[nH]c2ncccc12. The molecule has 0 spiro atoms. The molecule has 0 bridgehead atoms. The van der Waals surface area contributed by atoms with Crippen molar-refractivity contribution in [2.24, 2.45) is 0 Å². The summed E-state index contributed by atoms with van der Waals surface area (Å²) in [7, 11) is 0. The van der Waals surface area contributed by atoms with Gasteiger partial charge in [0.15, 0.2) is 0 Å². The van der Waals surface area contributed by atoms with Crippen molar-refractivity contribution in [1.82, 2.24) is 15.3 Å². The molecule has 2 rings (SSSR count). The van der Waals surface area contributed by atoms with Crippen LogP contribution in [0.2, 0.25) is 0 Å². The van der Waals surface area contributed by atoms with E-state index in [-0.39, 0.29) is 6.54 Å². The van der Waals surface area contributed by atoms with Gasteiger partial charge in [0.1, 0.15) is 5.65 Å². The molecule has 0 saturated carbocycles. The van der Waals surface area contributed by atoms with Gasteiger partial charge in [-0.3, -0.25) is 0 Å². The van der Waals surface area contributed by atoms with Crippen LogP contribution >= 0.6 is 0 Å². The zero-order chi connectivity index (χ0) is 11.6. The van der Waals surface area contributed by atoms with Crippen molar-refractivity contribution in [2.45, 2.75) is 12.7 Å². The fourth-order valence-corrected chi connectivity index (χ4v) is 1.50. The summed E-state index contributed by atoms with van der Waals surface area (Å²) in [5, 5.41) is 3.19. The van der Waals surface area contributed by atoms with Crippen molar-refractivity contribution in [3.63, 3.8) is 0 Å². The van der Waals surface area contributed by atoms with E-state index in [1.165, 1.54) is 0 Å². The number of pyridine rings is 1. The summed E-state index contributed by atoms with van der Waals surface area (Å²) in [6.07, 6.45) is -0.878. The summed E-state index contributed by atoms with van der Waals surface area (Å²) in [6.45, 7) is -0.814. The molecule has 0 amide bonds. The molecule has 0 radical (unpaired) electrons. The number of fused-ring (bicyclic) bond motifs is 1. The first kappa shape index (κ1) is 10.9. The number of H-pyrrole nitrogens is 1. The lowest BCUT2D eigenvalue weighted by Gasteiger charge is -2.07. The number of nitrogens with one attached hydrogen (secondary N) is 2. The number of rotatable bonds is 3. The molecule has 0 aliphatic carbocycles. The van der Waals surface area contributed by atoms with E-state index in [2.05, 4.69) is 15.3 Å². The molecule has 0 aliphatic heterocycles. The van der Waals surface area contributed by atoms with Crippen molar-refractivity contribution in [1.29, 1.82) is 0 Å². The Kier molecular flexibility index (Phi) is 2.82. The van der Waals surface area contributed by atoms with Crippen LogP contribution in [0.5, 0.6) is 0 Å². The second kappa shape index (κ2) is 4.13. The Morgan fingerprint density at radius 1 is 1.38 bits per heavy atom. The molecule has 2 aromatic heterocycles. The van der Waals surface area contributed by atoms with Crippen LogP contribution in [-0.4, -0.2) is 22.7 Å². The van der Waals surface area contributed by atoms with Gasteiger partial charge in [0.05, 0.1) is 6.54 Å². The summed E-state index contributed by atoms with van der Waals surface area (Å²) in [6, 6.07) is 3.58. The zero-order valence-corrected chi connectivity index (χ0v) is 8.30. The topological polar surface area (TPSA) is 40.7 Å². The lowest BCUT2D eigenvalue weighted by atomic mass is 10.2. The molecule has 0 aliphatic rings. The van der Waals surface area contributed by atoms with Crippen LogP contribution in [0.3, 0.4) is 0 Å². The van der Waals surface area contributed by atoms with Crippen LogP contribution in [0.25, 0.3) is 11.0 Å². The van der Waals surface area contributed by atoms with Crippen molar-refractivity contribution in [3.8, 4) is 0 Å². The number of alkyl halides is 3. The molecule has 0 saturated heterocycles. The lowest BCUT2D eigenvalue weighted by molar-refractivity contribution is -0.125. The molecule has 3 nitrogen and oxygen atoms in total. The Labute approximate surface area is 89.7 Å². The molecule has 86 valence electrons. The zero-order valence-electron chi connectivity index (χ0n) is 8.30. The van der Waals surface area contributed by atoms with E-state index in [0.29, 0.717) is 5.65 Å². The first-order chi connectivity index (χ1) is 7.56. The number of hydrogen-bond acceptors (Lipinski definition) is 2. The van der Waals surface area contributed by atoms with E-state index in [1.54, 1.807) is 18.5 Å². The Hall–Kier alpha value is -1.56. The summed E-state index contributed by atoms with van der Waals surface area (Å²) < 4.78 is 35.7. The molecule has 0 unspecified atom stereocenters. The highest BCUT2D eigenvalue weighted by molar-refractivity contribution is 5.79. The van der Waals surface area contributed by atoms with Crippen molar-refractivity contribution < 1.29 is 13.2 Å². The van der Waals surface area contributed by atoms with Gasteiger partial charge in [-0.25, -0.2) is 4.98 Å². The Balaban J connectivity index is 2.05. The van der Waals surface area contributed by atoms with Crippen LogP contribution in [0, 0.1) is 0 Å². The molecule has 2 aromatic rings. The maximum atomic E-state index is 11.9. The average molecular weight is 229 g/mol. The summed E-state index contributed by atoms with van der Waals surface area (Å²) in [4.78, 5) is 6.96. The van der Waals surface area contributed by atoms with Gasteiger partial charge >= 0.3 is 6.18 Å². The van der Waals surface area contributed by atoms with Crippen LogP contribution in [0.15, 0.2) is 24.5 Å². The van der Waals surface area contributed by atoms with E-state index < -0.39 is 12.7 Å². The molecule has 16 heavy (non-hydrogen) atoms. The number of hydrogen-bond donors (Lipinski definition) is 2. The minimum Gasteiger partial charge on any atom is -0.346 e. The predicted octanol–water partition coefficient (Wildman–Crippen LogP) is 2.21. The Morgan fingerprint density at radius 2 is 2.19 bits per heavy atom. The fourth-order valence-electron chi connectivity index (χ4n) is 1.50. The van der Waals surface area contributed by atoms with Crippen molar-refractivity contribution in [2.75, 3.05) is 6.54 Å². The number of aromatic nitrogens is 2. The standard InChI is InChI=1S/C10H10F3N3/c11-10(12,13)6-14-4-7-5-16-9-8(7)2-1-3-15-9/h1-3,5,14H,4,6H2,(H,15,16). The average Bonchev–Trinajstić information content (AvgIpc) is 2.60. The van der Waals surface area contributed by atoms with Gasteiger partial charge in [-0.2, -0.15) is 13.2 Å². The predicted molar refractivity (Wildman–Crippen MR) is 53.9 cm³/mol. The number of nitrogens with zero attached hydrogens (tertiary/aromatic N) is 1. The number of halogens is 3. The van der Waals surface area contributed by atoms with Gasteiger partial charge in [0, 0.05) is 24.3 Å². The van der Waals surface area contributed by atoms with E-state index in [0.717, 1.165) is 10.9 Å². The molecule has 0 atom stereocenters. The highest BCUT2D eigenvalue weighted by atomic mass is 19.4. The molecular weight excluding hydrogens is 219 g/mol. The van der Waals surface area contributed by atoms with Gasteiger partial charge in [0.25, 0.3) is 0 Å². The molecule has 0 aromatic carbocycles. The largest absolute Gasteiger partial charge is 0.401 e. The minimum absolute atomic E-state index is 0.172. The second-order valence-corrected chi connectivity index (χ2v) is 3.43. The highest BCUT2D eigenvalue weighted by Gasteiger charge is 2.26. The number of aromatic amines is 1. The summed E-state index contributed by atoms with van der Waals surface area (Å²) in [5.41, 5.74) is 1.47. The van der Waals surface area contributed by atoms with Gasteiger partial charge < -0.3 is 10.3 Å². The third-order valence-corrected chi connectivity index (χ3v) is 2.18. The van der Waals surface area contributed by atoms with Crippen molar-refractivity contribution in [3.05, 3.63) is 30.1 Å². The van der Waals surface area contributed by atoms with E-state index in [4.69, 9.17) is 0 Å². The van der Waals surface area contributed by atoms with Gasteiger partial charge in [-0.15, -0.1) is 0 Å². The Morgan fingerprint density at radius 3 is 2.94 bits per heavy atom. The normalized spacial score (nSPS) is 12.2. The van der Waals surface area contributed by atoms with Gasteiger partial charge in [0.2, 0.25) is 0 Å². The first-order valence-electron chi connectivity index (χ1n) is 4.75. The van der Waals surface area contributed by atoms with E-state index in [9.17, 15) is 13.2 Å². The van der Waals surface area contributed by atoms with Crippen LogP contribution in [0.4, 0.5) is 13.2 Å². The van der Waals surface area contributed by atoms with E-state index in [1.807, 2.05) is 6.07 Å². The molecular formula is C10H10F3N3.